The van der Waals surface area contributed by atoms with Gasteiger partial charge in [-0.05, 0) is 26.0 Å². The van der Waals surface area contributed by atoms with E-state index < -0.39 is 35.5 Å². The van der Waals surface area contributed by atoms with Gasteiger partial charge >= 0.3 is 5.97 Å². The van der Waals surface area contributed by atoms with Crippen LogP contribution in [0.1, 0.15) is 25.5 Å². The second-order valence-electron chi connectivity index (χ2n) is 3.93. The van der Waals surface area contributed by atoms with Crippen LogP contribution >= 0.6 is 0 Å². The van der Waals surface area contributed by atoms with Crippen LogP contribution in [0.15, 0.2) is 18.2 Å². The van der Waals surface area contributed by atoms with Gasteiger partial charge in [0.25, 0.3) is 0 Å². The van der Waals surface area contributed by atoms with E-state index in [1.807, 2.05) is 0 Å². The Bertz CT molecular complexity index is 456. The maximum absolute atomic E-state index is 13.4. The van der Waals surface area contributed by atoms with Gasteiger partial charge in [0.1, 0.15) is 17.6 Å². The molecule has 1 aromatic rings. The highest BCUT2D eigenvalue weighted by Crippen LogP contribution is 2.20. The molecule has 1 amide bonds. The van der Waals surface area contributed by atoms with E-state index in [9.17, 15) is 18.4 Å². The number of nitrogens with one attached hydrogen (secondary N) is 1. The molecule has 0 bridgehead atoms. The van der Waals surface area contributed by atoms with Crippen LogP contribution in [-0.4, -0.2) is 17.0 Å². The summed E-state index contributed by atoms with van der Waals surface area (Å²) in [5.41, 5.74) is -0.288. The Kier molecular flexibility index (Phi) is 4.36. The van der Waals surface area contributed by atoms with Crippen LogP contribution in [0.25, 0.3) is 0 Å². The third kappa shape index (κ3) is 3.03. The molecule has 0 saturated carbocycles. The molecular weight excluding hydrogens is 244 g/mol. The molecule has 0 radical (unpaired) electrons. The van der Waals surface area contributed by atoms with E-state index in [0.29, 0.717) is 0 Å². The van der Waals surface area contributed by atoms with Crippen molar-refractivity contribution in [2.75, 3.05) is 0 Å². The van der Waals surface area contributed by atoms with Crippen LogP contribution < -0.4 is 5.32 Å². The zero-order valence-electron chi connectivity index (χ0n) is 9.91. The molecule has 0 saturated heterocycles. The van der Waals surface area contributed by atoms with E-state index >= 15 is 0 Å². The van der Waals surface area contributed by atoms with Gasteiger partial charge in [-0.1, -0.05) is 6.07 Å². The number of carboxylic acid groups (broad SMARTS) is 1. The summed E-state index contributed by atoms with van der Waals surface area (Å²) < 4.78 is 26.8. The molecule has 0 fully saturated rings. The SMILES string of the molecule is CC(C(=O)O)C(=O)NC(C)c1c(F)cccc1F. The van der Waals surface area contributed by atoms with Crippen molar-refractivity contribution >= 4 is 11.9 Å². The molecule has 2 N–H and O–H groups in total. The van der Waals surface area contributed by atoms with Gasteiger partial charge in [0.15, 0.2) is 0 Å². The Labute approximate surface area is 103 Å². The summed E-state index contributed by atoms with van der Waals surface area (Å²) in [7, 11) is 0. The van der Waals surface area contributed by atoms with E-state index in [0.717, 1.165) is 12.1 Å². The van der Waals surface area contributed by atoms with E-state index in [1.54, 1.807) is 0 Å². The fourth-order valence-electron chi connectivity index (χ4n) is 1.45. The van der Waals surface area contributed by atoms with Crippen molar-refractivity contribution in [3.05, 3.63) is 35.4 Å². The second-order valence-corrected chi connectivity index (χ2v) is 3.93. The third-order valence-corrected chi connectivity index (χ3v) is 2.56. The summed E-state index contributed by atoms with van der Waals surface area (Å²) in [4.78, 5) is 22.0. The molecule has 0 aromatic heterocycles. The Morgan fingerprint density at radius 2 is 1.72 bits per heavy atom. The highest BCUT2D eigenvalue weighted by atomic mass is 19.1. The lowest BCUT2D eigenvalue weighted by Crippen LogP contribution is -2.35. The number of hydrogen-bond donors (Lipinski definition) is 2. The largest absolute Gasteiger partial charge is 0.481 e. The molecular formula is C12H13F2NO3. The number of hydrogen-bond acceptors (Lipinski definition) is 2. The fourth-order valence-corrected chi connectivity index (χ4v) is 1.45. The first kappa shape index (κ1) is 14.1. The van der Waals surface area contributed by atoms with Gasteiger partial charge in [-0.3, -0.25) is 9.59 Å². The van der Waals surface area contributed by atoms with Gasteiger partial charge in [0.05, 0.1) is 6.04 Å². The lowest BCUT2D eigenvalue weighted by molar-refractivity contribution is -0.146. The van der Waals surface area contributed by atoms with Gasteiger partial charge < -0.3 is 10.4 Å². The highest BCUT2D eigenvalue weighted by molar-refractivity contribution is 5.96. The number of halogens is 2. The summed E-state index contributed by atoms with van der Waals surface area (Å²) in [6.07, 6.45) is 0. The lowest BCUT2D eigenvalue weighted by atomic mass is 10.1. The number of carbonyl (C=O) groups is 2. The zero-order valence-corrected chi connectivity index (χ0v) is 9.91. The molecule has 2 atom stereocenters. The molecule has 0 aliphatic carbocycles. The Morgan fingerprint density at radius 3 is 2.17 bits per heavy atom. The second kappa shape index (κ2) is 5.57. The van der Waals surface area contributed by atoms with Crippen LogP contribution in [0, 0.1) is 17.6 Å². The Balaban J connectivity index is 2.86. The maximum Gasteiger partial charge on any atom is 0.315 e. The van der Waals surface area contributed by atoms with Gasteiger partial charge in [-0.2, -0.15) is 0 Å². The Morgan fingerprint density at radius 1 is 1.22 bits per heavy atom. The topological polar surface area (TPSA) is 66.4 Å². The van der Waals surface area contributed by atoms with E-state index in [-0.39, 0.29) is 5.56 Å². The minimum absolute atomic E-state index is 0.288. The predicted molar refractivity (Wildman–Crippen MR) is 59.7 cm³/mol. The molecule has 2 unspecified atom stereocenters. The number of amides is 1. The third-order valence-electron chi connectivity index (χ3n) is 2.56. The van der Waals surface area contributed by atoms with Gasteiger partial charge in [-0.25, -0.2) is 8.78 Å². The summed E-state index contributed by atoms with van der Waals surface area (Å²) in [6.45, 7) is 2.58. The van der Waals surface area contributed by atoms with Crippen LogP contribution in [0.5, 0.6) is 0 Å². The fraction of sp³-hybridized carbons (Fsp3) is 0.333. The van der Waals surface area contributed by atoms with E-state index in [1.165, 1.54) is 19.9 Å². The van der Waals surface area contributed by atoms with Crippen molar-refractivity contribution in [3.8, 4) is 0 Å². The first-order valence-electron chi connectivity index (χ1n) is 5.31. The van der Waals surface area contributed by atoms with Crippen molar-refractivity contribution in [2.24, 2.45) is 5.92 Å². The Hall–Kier alpha value is -1.98. The van der Waals surface area contributed by atoms with E-state index in [2.05, 4.69) is 5.32 Å². The predicted octanol–water partition coefficient (Wildman–Crippen LogP) is 1.86. The molecule has 6 heteroatoms. The maximum atomic E-state index is 13.4. The summed E-state index contributed by atoms with van der Waals surface area (Å²) in [6, 6.07) is 2.41. The average molecular weight is 257 g/mol. The normalized spacial score (nSPS) is 13.8. The quantitative estimate of drug-likeness (QED) is 0.809. The van der Waals surface area contributed by atoms with Gasteiger partial charge in [-0.15, -0.1) is 0 Å². The monoisotopic (exact) mass is 257 g/mol. The molecule has 98 valence electrons. The standard InChI is InChI=1S/C12H13F2NO3/c1-6(12(17)18)11(16)15-7(2)10-8(13)4-3-5-9(10)14/h3-7H,1-2H3,(H,15,16)(H,17,18). The minimum Gasteiger partial charge on any atom is -0.481 e. The average Bonchev–Trinajstić information content (AvgIpc) is 2.27. The molecule has 0 aliphatic heterocycles. The molecule has 1 rings (SSSR count). The number of carbonyl (C=O) groups excluding carboxylic acids is 1. The molecule has 0 heterocycles. The molecule has 4 nitrogen and oxygen atoms in total. The van der Waals surface area contributed by atoms with Crippen molar-refractivity contribution < 1.29 is 23.5 Å². The number of benzene rings is 1. The minimum atomic E-state index is -1.30. The summed E-state index contributed by atoms with van der Waals surface area (Å²) in [5, 5.41) is 10.9. The van der Waals surface area contributed by atoms with Crippen molar-refractivity contribution in [3.63, 3.8) is 0 Å². The lowest BCUT2D eigenvalue weighted by Gasteiger charge is -2.17. The van der Waals surface area contributed by atoms with Crippen molar-refractivity contribution in [1.29, 1.82) is 0 Å². The van der Waals surface area contributed by atoms with Crippen LogP contribution in [0.3, 0.4) is 0 Å². The van der Waals surface area contributed by atoms with Gasteiger partial charge in [0, 0.05) is 5.56 Å². The van der Waals surface area contributed by atoms with Gasteiger partial charge in [0.2, 0.25) is 5.91 Å². The number of rotatable bonds is 4. The van der Waals surface area contributed by atoms with E-state index in [4.69, 9.17) is 5.11 Å². The first-order chi connectivity index (χ1) is 8.34. The summed E-state index contributed by atoms with van der Waals surface area (Å²) >= 11 is 0. The molecule has 18 heavy (non-hydrogen) atoms. The van der Waals surface area contributed by atoms with Crippen molar-refractivity contribution in [1.82, 2.24) is 5.32 Å². The smallest absolute Gasteiger partial charge is 0.315 e. The molecule has 0 spiro atoms. The van der Waals surface area contributed by atoms with Crippen LogP contribution in [0.2, 0.25) is 0 Å². The zero-order chi connectivity index (χ0) is 13.9. The highest BCUT2D eigenvalue weighted by Gasteiger charge is 2.24. The van der Waals surface area contributed by atoms with Crippen molar-refractivity contribution in [2.45, 2.75) is 19.9 Å². The number of aliphatic carboxylic acids is 1. The first-order valence-corrected chi connectivity index (χ1v) is 5.31. The molecule has 0 aliphatic rings. The van der Waals surface area contributed by atoms with Crippen LogP contribution in [-0.2, 0) is 9.59 Å². The number of carboxylic acids is 1. The molecule has 1 aromatic carbocycles. The van der Waals surface area contributed by atoms with Crippen LogP contribution in [0.4, 0.5) is 8.78 Å². The summed E-state index contributed by atoms with van der Waals surface area (Å²) in [5.74, 6) is -4.94.